The zero-order valence-electron chi connectivity index (χ0n) is 46.8. The van der Waals surface area contributed by atoms with Gasteiger partial charge < -0.3 is 36.3 Å². The number of fused-ring (bicyclic) bond motifs is 1. The summed E-state index contributed by atoms with van der Waals surface area (Å²) in [5.74, 6) is 9.54. The van der Waals surface area contributed by atoms with E-state index in [1.165, 1.54) is 23.0 Å². The van der Waals surface area contributed by atoms with Crippen molar-refractivity contribution in [2.24, 2.45) is 11.8 Å². The lowest BCUT2D eigenvalue weighted by Gasteiger charge is -2.13. The Bertz CT molecular complexity index is 3200. The molecule has 0 amide bonds. The van der Waals surface area contributed by atoms with E-state index in [1.807, 2.05) is 100 Å². The molecule has 5 fully saturated rings. The molecule has 8 N–H and O–H groups in total. The van der Waals surface area contributed by atoms with Gasteiger partial charge in [-0.2, -0.15) is 0 Å². The number of nitrogens with two attached hydrogens (primary N) is 1. The third kappa shape index (κ3) is 16.3. The van der Waals surface area contributed by atoms with Gasteiger partial charge in [0, 0.05) is 73.5 Å². The Hall–Kier alpha value is -7.62. The maximum atomic E-state index is 10.6. The molecule has 1 aliphatic heterocycles. The van der Waals surface area contributed by atoms with E-state index in [-0.39, 0.29) is 54.0 Å². The number of aliphatic hydroxyl groups excluding tert-OH is 5. The van der Waals surface area contributed by atoms with Gasteiger partial charge in [0.05, 0.1) is 72.8 Å². The van der Waals surface area contributed by atoms with E-state index in [4.69, 9.17) is 17.3 Å². The first-order valence-corrected chi connectivity index (χ1v) is 28.9. The first-order valence-electron chi connectivity index (χ1n) is 28.9. The van der Waals surface area contributed by atoms with Gasteiger partial charge in [0.25, 0.3) is 0 Å². The zero-order chi connectivity index (χ0) is 57.2. The highest BCUT2D eigenvalue weighted by molar-refractivity contribution is 5.84. The van der Waals surface area contributed by atoms with E-state index < -0.39 is 6.10 Å². The third-order valence-corrected chi connectivity index (χ3v) is 16.1. The molecule has 0 bridgehead atoms. The van der Waals surface area contributed by atoms with Gasteiger partial charge >= 0.3 is 0 Å². The number of aliphatic hydroxyl groups is 5. The highest BCUT2D eigenvalue weighted by Crippen LogP contribution is 2.35. The third-order valence-electron chi connectivity index (χ3n) is 16.1. The standard InChI is InChI=1S/C20H22N8O.2C14H17N3O.C8H12O.C7H10O/c21-20-19-16(22-12-23-20)6-14(24-19)8-27-9-15(18(29)11-27)17-10-28(26-25-17)7-13-4-2-1-3-5-13;2*18-14-8-4-7-12(14)13-10-17(16-15-13)9-11-5-2-1-3-6-11;1-2-4-7-5-3-6-8(7)9;1-2-6-4-3-5-7(6)8/h1-6,10,12,15,18,24,29H,7-9,11H2,(H2,21,22,23);2*1-3,5-6,10,12,14,18H,4,7-9H2;7-9H,3,5-6H2,1H3;1,6-8H,3-5H2/t15-,18+;2*12-,14+;7-,8-;6-,7-/m11100/s1. The van der Waals surface area contributed by atoms with Crippen LogP contribution < -0.4 is 5.73 Å². The number of β-amino-alcohol motifs (C(OH)–C–C–N with tert-alkyl or cyclic N) is 1. The topological polar surface area (TPSA) is 264 Å². The Morgan fingerprint density at radius 3 is 1.39 bits per heavy atom. The molecule has 19 nitrogen and oxygen atoms in total. The molecule has 5 aliphatic rings. The second-order valence-corrected chi connectivity index (χ2v) is 22.1. The van der Waals surface area contributed by atoms with Gasteiger partial charge in [-0.05, 0) is 93.9 Å². The van der Waals surface area contributed by atoms with Crippen LogP contribution in [-0.4, -0.2) is 134 Å². The number of nitrogen functional groups attached to an aromatic ring is 1. The number of H-pyrrole nitrogens is 1. The number of aromatic nitrogens is 12. The Labute approximate surface area is 480 Å². The molecule has 19 heteroatoms. The maximum absolute atomic E-state index is 10.6. The van der Waals surface area contributed by atoms with Crippen LogP contribution in [0.4, 0.5) is 5.82 Å². The van der Waals surface area contributed by atoms with Gasteiger partial charge in [-0.1, -0.05) is 125 Å². The fraction of sp³-hybridized carbons (Fsp3) is 0.460. The van der Waals surface area contributed by atoms with Crippen molar-refractivity contribution < 1.29 is 25.5 Å². The number of likely N-dealkylation sites (tertiary alicyclic amines) is 1. The van der Waals surface area contributed by atoms with Crippen LogP contribution in [-0.2, 0) is 26.2 Å². The molecule has 0 radical (unpaired) electrons. The number of aromatic amines is 1. The molecule has 0 unspecified atom stereocenters. The largest absolute Gasteiger partial charge is 0.392 e. The summed E-state index contributed by atoms with van der Waals surface area (Å²) < 4.78 is 5.50. The van der Waals surface area contributed by atoms with Crippen LogP contribution in [0.25, 0.3) is 11.0 Å². The number of benzene rings is 3. The van der Waals surface area contributed by atoms with Crippen molar-refractivity contribution in [2.45, 2.75) is 158 Å². The summed E-state index contributed by atoms with van der Waals surface area (Å²) in [5.41, 5.74) is 14.7. The van der Waals surface area contributed by atoms with Crippen molar-refractivity contribution >= 4 is 16.9 Å². The molecular formula is C63H78N14O5. The van der Waals surface area contributed by atoms with Crippen molar-refractivity contribution in [1.29, 1.82) is 0 Å². The smallest absolute Gasteiger partial charge is 0.151 e. The fourth-order valence-electron chi connectivity index (χ4n) is 11.6. The Morgan fingerprint density at radius 2 is 0.988 bits per heavy atom. The fourth-order valence-corrected chi connectivity index (χ4v) is 11.6. The summed E-state index contributed by atoms with van der Waals surface area (Å²) in [4.78, 5) is 13.7. The van der Waals surface area contributed by atoms with E-state index in [1.54, 1.807) is 0 Å². The first kappa shape index (κ1) is 59.0. The molecule has 13 rings (SSSR count). The van der Waals surface area contributed by atoms with Crippen molar-refractivity contribution in [2.75, 3.05) is 18.8 Å². The summed E-state index contributed by atoms with van der Waals surface area (Å²) in [6.07, 6.45) is 23.3. The van der Waals surface area contributed by atoms with Crippen LogP contribution in [0, 0.1) is 36.0 Å². The van der Waals surface area contributed by atoms with Gasteiger partial charge in [-0.15, -0.1) is 33.6 Å². The molecule has 5 aromatic heterocycles. The van der Waals surface area contributed by atoms with Gasteiger partial charge in [-0.25, -0.2) is 24.0 Å². The number of hydrogen-bond acceptors (Lipinski definition) is 15. The number of anilines is 1. The Morgan fingerprint density at radius 1 is 0.537 bits per heavy atom. The van der Waals surface area contributed by atoms with Crippen molar-refractivity contribution in [3.8, 4) is 24.2 Å². The van der Waals surface area contributed by atoms with Crippen molar-refractivity contribution in [1.82, 2.24) is 64.8 Å². The predicted molar refractivity (Wildman–Crippen MR) is 313 cm³/mol. The summed E-state index contributed by atoms with van der Waals surface area (Å²) >= 11 is 0. The van der Waals surface area contributed by atoms with Gasteiger partial charge in [0.2, 0.25) is 0 Å². The summed E-state index contributed by atoms with van der Waals surface area (Å²) in [6, 6.07) is 32.5. The Balaban J connectivity index is 0.000000133. The molecule has 1 saturated heterocycles. The van der Waals surface area contributed by atoms with E-state index in [9.17, 15) is 20.4 Å². The molecule has 3 aromatic carbocycles. The second-order valence-electron chi connectivity index (χ2n) is 22.1. The van der Waals surface area contributed by atoms with Gasteiger partial charge in [0.15, 0.2) is 5.82 Å². The van der Waals surface area contributed by atoms with Crippen LogP contribution in [0.15, 0.2) is 122 Å². The second kappa shape index (κ2) is 29.4. The number of nitrogens with one attached hydrogen (secondary N) is 1. The van der Waals surface area contributed by atoms with Gasteiger partial charge in [0.1, 0.15) is 11.8 Å². The monoisotopic (exact) mass is 1110 g/mol. The predicted octanol–water partition coefficient (Wildman–Crippen LogP) is 7.00. The van der Waals surface area contributed by atoms with Crippen LogP contribution >= 0.6 is 0 Å². The normalized spacial score (nSPS) is 24.6. The quantitative estimate of drug-likeness (QED) is 0.0643. The number of nitrogens with zero attached hydrogens (tertiary/aromatic N) is 12. The van der Waals surface area contributed by atoms with Crippen LogP contribution in [0.5, 0.6) is 0 Å². The molecule has 82 heavy (non-hydrogen) atoms. The molecule has 4 saturated carbocycles. The van der Waals surface area contributed by atoms with Crippen molar-refractivity contribution in [3.05, 3.63) is 161 Å². The van der Waals surface area contributed by atoms with E-state index in [2.05, 4.69) is 105 Å². The van der Waals surface area contributed by atoms with Crippen LogP contribution in [0.1, 0.15) is 141 Å². The Kier molecular flexibility index (Phi) is 21.1. The molecular weight excluding hydrogens is 1030 g/mol. The van der Waals surface area contributed by atoms with Crippen LogP contribution in [0.3, 0.4) is 0 Å². The summed E-state index contributed by atoms with van der Waals surface area (Å²) in [7, 11) is 0. The molecule has 4 aliphatic carbocycles. The number of rotatable bonds is 11. The zero-order valence-corrected chi connectivity index (χ0v) is 46.8. The van der Waals surface area contributed by atoms with E-state index >= 15 is 0 Å². The lowest BCUT2D eigenvalue weighted by molar-refractivity contribution is 0.156. The summed E-state index contributed by atoms with van der Waals surface area (Å²) in [5, 5.41) is 73.8. The maximum Gasteiger partial charge on any atom is 0.151 e. The van der Waals surface area contributed by atoms with Gasteiger partial charge in [-0.3, -0.25) is 4.90 Å². The van der Waals surface area contributed by atoms with Crippen LogP contribution in [0.2, 0.25) is 0 Å². The molecule has 430 valence electrons. The average molecular weight is 1110 g/mol. The molecule has 6 heterocycles. The first-order chi connectivity index (χ1) is 40.0. The highest BCUT2D eigenvalue weighted by Gasteiger charge is 2.35. The minimum atomic E-state index is -0.480. The lowest BCUT2D eigenvalue weighted by Crippen LogP contribution is -2.21. The molecule has 8 aromatic rings. The lowest BCUT2D eigenvalue weighted by atomic mass is 10.0. The van der Waals surface area contributed by atoms with E-state index in [0.717, 1.165) is 124 Å². The van der Waals surface area contributed by atoms with Crippen molar-refractivity contribution in [3.63, 3.8) is 0 Å². The highest BCUT2D eigenvalue weighted by atomic mass is 16.3. The molecule has 10 atom stereocenters. The minimum Gasteiger partial charge on any atom is -0.392 e. The van der Waals surface area contributed by atoms with E-state index in [0.29, 0.717) is 32.0 Å². The number of hydrogen-bond donors (Lipinski definition) is 7. The summed E-state index contributed by atoms with van der Waals surface area (Å²) in [6.45, 7) is 5.91. The minimum absolute atomic E-state index is 0.0613. The number of terminal acetylenes is 1. The SMILES string of the molecule is C#C[C@H]1CCC[C@@H]1O.CC#C[C@H]1CCC[C@@H]1O.Nc1ncnc2cc(CN3C[C@H](c4cn(Cc5ccccc5)nn4)[C@@H](O)C3)[nH]c12.O[C@H]1CCC[C@@H]1c1cn(Cc2ccccc2)nn1.O[C@H]1CCC[C@@H]1c1cn(Cc2ccccc2)nn1. The average Bonchev–Trinajstić information content (AvgIpc) is 4.48. The molecule has 0 spiro atoms.